The number of aryl methyl sites for hydroxylation is 3. The smallest absolute Gasteiger partial charge is 0.254 e. The molecule has 7 nitrogen and oxygen atoms in total. The van der Waals surface area contributed by atoms with Crippen LogP contribution in [0.5, 0.6) is 0 Å². The van der Waals surface area contributed by atoms with Gasteiger partial charge < -0.3 is 5.32 Å². The summed E-state index contributed by atoms with van der Waals surface area (Å²) in [6.07, 6.45) is 3.51. The highest BCUT2D eigenvalue weighted by atomic mass is 15.4. The fourth-order valence-corrected chi connectivity index (χ4v) is 2.06. The summed E-state index contributed by atoms with van der Waals surface area (Å²) in [5.74, 6) is 1.48. The highest BCUT2D eigenvalue weighted by molar-refractivity contribution is 5.45. The number of hydrogen-bond donors (Lipinski definition) is 1. The van der Waals surface area contributed by atoms with Gasteiger partial charge in [-0.15, -0.1) is 0 Å². The number of hydrogen-bond acceptors (Lipinski definition) is 5. The third-order valence-corrected chi connectivity index (χ3v) is 2.95. The predicted molar refractivity (Wildman–Crippen MR) is 70.8 cm³/mol. The van der Waals surface area contributed by atoms with Gasteiger partial charge in [0.2, 0.25) is 0 Å². The number of nitrogens with one attached hydrogen (secondary N) is 1. The van der Waals surface area contributed by atoms with Gasteiger partial charge in [-0.2, -0.15) is 19.7 Å². The van der Waals surface area contributed by atoms with Gasteiger partial charge in [0, 0.05) is 37.1 Å². The Kier molecular flexibility index (Phi) is 2.66. The lowest BCUT2D eigenvalue weighted by Gasteiger charge is -2.07. The molecule has 98 valence electrons. The van der Waals surface area contributed by atoms with E-state index in [1.807, 2.05) is 37.8 Å². The third-order valence-electron chi connectivity index (χ3n) is 2.95. The average molecular weight is 257 g/mol. The van der Waals surface area contributed by atoms with Gasteiger partial charge in [-0.05, 0) is 13.8 Å². The first kappa shape index (κ1) is 11.6. The molecule has 0 aromatic carbocycles. The molecule has 3 aromatic heterocycles. The van der Waals surface area contributed by atoms with E-state index in [1.54, 1.807) is 4.52 Å². The Morgan fingerprint density at radius 1 is 1.32 bits per heavy atom. The van der Waals surface area contributed by atoms with Crippen molar-refractivity contribution in [3.8, 4) is 0 Å². The Morgan fingerprint density at radius 2 is 2.16 bits per heavy atom. The molecule has 7 heteroatoms. The van der Waals surface area contributed by atoms with Crippen molar-refractivity contribution < 1.29 is 0 Å². The Morgan fingerprint density at radius 3 is 2.89 bits per heavy atom. The molecule has 19 heavy (non-hydrogen) atoms. The Labute approximate surface area is 110 Å². The van der Waals surface area contributed by atoms with Crippen LogP contribution in [0, 0.1) is 13.8 Å². The van der Waals surface area contributed by atoms with Crippen LogP contribution in [0.3, 0.4) is 0 Å². The summed E-state index contributed by atoms with van der Waals surface area (Å²) in [4.78, 5) is 8.41. The van der Waals surface area contributed by atoms with Gasteiger partial charge in [0.1, 0.15) is 12.1 Å². The van der Waals surface area contributed by atoms with Crippen LogP contribution in [-0.2, 0) is 13.6 Å². The maximum absolute atomic E-state index is 4.32. The fourth-order valence-electron chi connectivity index (χ4n) is 2.06. The summed E-state index contributed by atoms with van der Waals surface area (Å²) in [7, 11) is 1.92. The van der Waals surface area contributed by atoms with Gasteiger partial charge in [-0.25, -0.2) is 4.98 Å². The maximum Gasteiger partial charge on any atom is 0.254 e. The topological polar surface area (TPSA) is 72.9 Å². The molecule has 0 fully saturated rings. The minimum Gasteiger partial charge on any atom is -0.366 e. The monoisotopic (exact) mass is 257 g/mol. The first-order chi connectivity index (χ1) is 9.13. The summed E-state index contributed by atoms with van der Waals surface area (Å²) in [6.45, 7) is 4.63. The molecule has 0 radical (unpaired) electrons. The fraction of sp³-hybridized carbons (Fsp3) is 0.333. The van der Waals surface area contributed by atoms with E-state index in [0.29, 0.717) is 12.3 Å². The zero-order valence-corrected chi connectivity index (χ0v) is 11.1. The normalized spacial score (nSPS) is 11.1. The van der Waals surface area contributed by atoms with Crippen molar-refractivity contribution >= 4 is 11.6 Å². The molecule has 0 amide bonds. The van der Waals surface area contributed by atoms with Gasteiger partial charge >= 0.3 is 0 Å². The second-order valence-electron chi connectivity index (χ2n) is 4.52. The molecule has 0 atom stereocenters. The first-order valence-electron chi connectivity index (χ1n) is 6.04. The van der Waals surface area contributed by atoms with E-state index in [0.717, 1.165) is 22.8 Å². The van der Waals surface area contributed by atoms with Crippen molar-refractivity contribution in [2.45, 2.75) is 20.4 Å². The quantitative estimate of drug-likeness (QED) is 0.760. The van der Waals surface area contributed by atoms with E-state index in [2.05, 4.69) is 25.5 Å². The summed E-state index contributed by atoms with van der Waals surface area (Å²) >= 11 is 0. The van der Waals surface area contributed by atoms with Crippen LogP contribution in [0.15, 0.2) is 18.6 Å². The van der Waals surface area contributed by atoms with Crippen LogP contribution in [0.25, 0.3) is 5.78 Å². The second-order valence-corrected chi connectivity index (χ2v) is 4.52. The van der Waals surface area contributed by atoms with Crippen LogP contribution < -0.4 is 5.32 Å². The zero-order valence-electron chi connectivity index (χ0n) is 11.1. The van der Waals surface area contributed by atoms with Crippen molar-refractivity contribution in [2.75, 3.05) is 5.32 Å². The van der Waals surface area contributed by atoms with Crippen LogP contribution in [0.4, 0.5) is 5.82 Å². The van der Waals surface area contributed by atoms with Crippen molar-refractivity contribution in [1.82, 2.24) is 29.4 Å². The van der Waals surface area contributed by atoms with Crippen molar-refractivity contribution in [2.24, 2.45) is 7.05 Å². The van der Waals surface area contributed by atoms with Gasteiger partial charge in [-0.1, -0.05) is 0 Å². The molecule has 3 rings (SSSR count). The minimum absolute atomic E-state index is 0.602. The van der Waals surface area contributed by atoms with E-state index < -0.39 is 0 Å². The highest BCUT2D eigenvalue weighted by Gasteiger charge is 2.07. The van der Waals surface area contributed by atoms with E-state index in [-0.39, 0.29) is 0 Å². The average Bonchev–Trinajstić information content (AvgIpc) is 2.92. The van der Waals surface area contributed by atoms with Crippen LogP contribution >= 0.6 is 0 Å². The number of anilines is 1. The van der Waals surface area contributed by atoms with Crippen molar-refractivity contribution in [1.29, 1.82) is 0 Å². The van der Waals surface area contributed by atoms with E-state index in [9.17, 15) is 0 Å². The largest absolute Gasteiger partial charge is 0.366 e. The van der Waals surface area contributed by atoms with Gasteiger partial charge in [-0.3, -0.25) is 4.68 Å². The Balaban J connectivity index is 1.89. The lowest BCUT2D eigenvalue weighted by atomic mass is 10.2. The van der Waals surface area contributed by atoms with E-state index >= 15 is 0 Å². The van der Waals surface area contributed by atoms with Crippen LogP contribution in [0.2, 0.25) is 0 Å². The van der Waals surface area contributed by atoms with E-state index in [1.165, 1.54) is 6.33 Å². The van der Waals surface area contributed by atoms with Crippen LogP contribution in [0.1, 0.15) is 17.0 Å². The maximum atomic E-state index is 4.32. The molecule has 0 bridgehead atoms. The van der Waals surface area contributed by atoms with Gasteiger partial charge in [0.05, 0.1) is 5.69 Å². The SMILES string of the molecule is Cc1cc(NCc2cn(C)nc2C)n2ncnc2n1. The van der Waals surface area contributed by atoms with Crippen LogP contribution in [-0.4, -0.2) is 29.4 Å². The molecule has 0 aliphatic carbocycles. The molecule has 0 saturated carbocycles. The molecule has 1 N–H and O–H groups in total. The molecular weight excluding hydrogens is 242 g/mol. The molecule has 3 aromatic rings. The predicted octanol–water partition coefficient (Wildman–Crippen LogP) is 1.09. The molecule has 0 saturated heterocycles. The minimum atomic E-state index is 0.602. The molecular formula is C12H15N7. The third kappa shape index (κ3) is 2.14. The first-order valence-corrected chi connectivity index (χ1v) is 6.04. The number of nitrogens with zero attached hydrogens (tertiary/aromatic N) is 6. The second kappa shape index (κ2) is 4.34. The lowest BCUT2D eigenvalue weighted by molar-refractivity contribution is 0.756. The number of rotatable bonds is 3. The summed E-state index contributed by atoms with van der Waals surface area (Å²) < 4.78 is 3.51. The zero-order chi connectivity index (χ0) is 13.4. The highest BCUT2D eigenvalue weighted by Crippen LogP contribution is 2.13. The van der Waals surface area contributed by atoms with Crippen molar-refractivity contribution in [3.05, 3.63) is 35.5 Å². The number of fused-ring (bicyclic) bond motifs is 1. The Bertz CT molecular complexity index is 725. The molecule has 0 unspecified atom stereocenters. The summed E-state index contributed by atoms with van der Waals surface area (Å²) in [5.41, 5.74) is 3.09. The lowest BCUT2D eigenvalue weighted by Crippen LogP contribution is -2.07. The van der Waals surface area contributed by atoms with Gasteiger partial charge in [0.15, 0.2) is 0 Å². The molecule has 0 aliphatic heterocycles. The van der Waals surface area contributed by atoms with E-state index in [4.69, 9.17) is 0 Å². The molecule has 3 heterocycles. The molecule has 0 spiro atoms. The molecule has 0 aliphatic rings. The summed E-state index contributed by atoms with van der Waals surface area (Å²) in [5, 5.41) is 11.8. The Hall–Kier alpha value is -2.44. The van der Waals surface area contributed by atoms with Gasteiger partial charge in [0.25, 0.3) is 5.78 Å². The number of aromatic nitrogens is 6. The summed E-state index contributed by atoms with van der Waals surface area (Å²) in [6, 6.07) is 1.95. The van der Waals surface area contributed by atoms with Crippen molar-refractivity contribution in [3.63, 3.8) is 0 Å². The standard InChI is InChI=1S/C12H15N7/c1-8-4-11(19-12(16-8)14-7-15-19)13-5-10-6-18(3)17-9(10)2/h4,6-7,13H,5H2,1-3H3.